The zero-order valence-corrected chi connectivity index (χ0v) is 16.0. The van der Waals surface area contributed by atoms with Crippen molar-refractivity contribution in [3.8, 4) is 5.75 Å². The van der Waals surface area contributed by atoms with Gasteiger partial charge in [-0.3, -0.25) is 9.59 Å². The molecule has 0 bridgehead atoms. The molecule has 0 aliphatic carbocycles. The Balaban J connectivity index is 1.45. The quantitative estimate of drug-likeness (QED) is 0.812. The first kappa shape index (κ1) is 18.4. The number of hydrogen-bond donors (Lipinski definition) is 0. The normalized spacial score (nSPS) is 18.7. The molecule has 0 spiro atoms. The second-order valence-corrected chi connectivity index (χ2v) is 7.24. The molecule has 4 rings (SSSR count). The third-order valence-electron chi connectivity index (χ3n) is 5.37. The summed E-state index contributed by atoms with van der Waals surface area (Å²) >= 11 is 0. The molecule has 1 fully saturated rings. The smallest absolute Gasteiger partial charge is 0.261 e. The molecule has 1 aromatic heterocycles. The lowest BCUT2D eigenvalue weighted by molar-refractivity contribution is -0.134. The summed E-state index contributed by atoms with van der Waals surface area (Å²) in [5, 5.41) is 0. The van der Waals surface area contributed by atoms with Gasteiger partial charge in [0.05, 0.1) is 11.7 Å². The van der Waals surface area contributed by atoms with Gasteiger partial charge in [0.15, 0.2) is 12.4 Å². The van der Waals surface area contributed by atoms with Gasteiger partial charge in [0.25, 0.3) is 5.91 Å². The van der Waals surface area contributed by atoms with Gasteiger partial charge in [-0.25, -0.2) is 9.97 Å². The molecule has 0 saturated carbocycles. The Morgan fingerprint density at radius 2 is 2.04 bits per heavy atom. The molecule has 2 aliphatic heterocycles. The molecule has 1 aromatic carbocycles. The van der Waals surface area contributed by atoms with Crippen LogP contribution in [0.1, 0.15) is 42.9 Å². The van der Waals surface area contributed by atoms with Crippen LogP contribution in [0.3, 0.4) is 0 Å². The summed E-state index contributed by atoms with van der Waals surface area (Å²) < 4.78 is 5.62. The fourth-order valence-corrected chi connectivity index (χ4v) is 3.84. The van der Waals surface area contributed by atoms with Crippen molar-refractivity contribution in [2.45, 2.75) is 38.8 Å². The number of fused-ring (bicyclic) bond motifs is 1. The van der Waals surface area contributed by atoms with Crippen LogP contribution < -0.4 is 4.74 Å². The van der Waals surface area contributed by atoms with E-state index in [0.717, 1.165) is 30.5 Å². The molecule has 3 heterocycles. The Bertz CT molecular complexity index is 871. The first-order valence-electron chi connectivity index (χ1n) is 9.69. The van der Waals surface area contributed by atoms with E-state index in [4.69, 9.17) is 9.72 Å². The number of ether oxygens (including phenoxy) is 1. The highest BCUT2D eigenvalue weighted by Gasteiger charge is 2.33. The molecule has 7 nitrogen and oxygen atoms in total. The Labute approximate surface area is 164 Å². The van der Waals surface area contributed by atoms with Crippen LogP contribution in [0.4, 0.5) is 0 Å². The van der Waals surface area contributed by atoms with Crippen LogP contribution in [0, 0.1) is 0 Å². The van der Waals surface area contributed by atoms with Crippen LogP contribution in [0.15, 0.2) is 36.5 Å². The Hall–Kier alpha value is -2.96. The van der Waals surface area contributed by atoms with Gasteiger partial charge in [-0.1, -0.05) is 18.2 Å². The monoisotopic (exact) mass is 380 g/mol. The SMILES string of the molecule is CC(=O)N1CCc2nc([C@@H]3CCCN3C(=O)COc3ccccc3)ncc2C1. The lowest BCUT2D eigenvalue weighted by Gasteiger charge is -2.28. The minimum atomic E-state index is -0.108. The molecule has 0 radical (unpaired) electrons. The van der Waals surface area contributed by atoms with Gasteiger partial charge in [0, 0.05) is 44.7 Å². The van der Waals surface area contributed by atoms with Crippen molar-refractivity contribution < 1.29 is 14.3 Å². The Kier molecular flexibility index (Phi) is 5.23. The summed E-state index contributed by atoms with van der Waals surface area (Å²) in [6, 6.07) is 9.24. The Morgan fingerprint density at radius 1 is 1.21 bits per heavy atom. The summed E-state index contributed by atoms with van der Waals surface area (Å²) in [4.78, 5) is 37.2. The van der Waals surface area contributed by atoms with Crippen molar-refractivity contribution >= 4 is 11.8 Å². The highest BCUT2D eigenvalue weighted by atomic mass is 16.5. The number of rotatable bonds is 4. The van der Waals surface area contributed by atoms with Crippen molar-refractivity contribution in [2.75, 3.05) is 19.7 Å². The number of likely N-dealkylation sites (tertiary alicyclic amines) is 1. The molecule has 0 N–H and O–H groups in total. The third kappa shape index (κ3) is 3.83. The number of carbonyl (C=O) groups is 2. The largest absolute Gasteiger partial charge is 0.484 e. The van der Waals surface area contributed by atoms with Crippen LogP contribution in [0.25, 0.3) is 0 Å². The maximum absolute atomic E-state index is 12.7. The number of benzene rings is 1. The molecule has 7 heteroatoms. The summed E-state index contributed by atoms with van der Waals surface area (Å²) in [5.41, 5.74) is 1.98. The lowest BCUT2D eigenvalue weighted by atomic mass is 10.1. The van der Waals surface area contributed by atoms with Crippen molar-refractivity contribution in [2.24, 2.45) is 0 Å². The van der Waals surface area contributed by atoms with E-state index in [1.165, 1.54) is 0 Å². The summed E-state index contributed by atoms with van der Waals surface area (Å²) in [6.07, 6.45) is 4.33. The molecule has 1 saturated heterocycles. The van der Waals surface area contributed by atoms with E-state index >= 15 is 0 Å². The van der Waals surface area contributed by atoms with E-state index in [-0.39, 0.29) is 24.5 Å². The summed E-state index contributed by atoms with van der Waals surface area (Å²) in [7, 11) is 0. The minimum Gasteiger partial charge on any atom is -0.484 e. The van der Waals surface area contributed by atoms with Gasteiger partial charge in [0.2, 0.25) is 5.91 Å². The first-order valence-corrected chi connectivity index (χ1v) is 9.69. The van der Waals surface area contributed by atoms with Gasteiger partial charge in [-0.15, -0.1) is 0 Å². The number of nitrogens with zero attached hydrogens (tertiary/aromatic N) is 4. The predicted octanol–water partition coefficient (Wildman–Crippen LogP) is 2.12. The first-order chi connectivity index (χ1) is 13.6. The van der Waals surface area contributed by atoms with Crippen molar-refractivity contribution in [3.05, 3.63) is 53.6 Å². The maximum Gasteiger partial charge on any atom is 0.261 e. The number of carbonyl (C=O) groups excluding carboxylic acids is 2. The standard InChI is InChI=1S/C21H24N4O3/c1-15(26)24-11-9-18-16(13-24)12-22-21(23-18)19-8-5-10-25(19)20(27)14-28-17-6-3-2-4-7-17/h2-4,6-7,12,19H,5,8-11,13-14H2,1H3/t19-/m0/s1. The van der Waals surface area contributed by atoms with Crippen molar-refractivity contribution in [1.82, 2.24) is 19.8 Å². The van der Waals surface area contributed by atoms with Gasteiger partial charge >= 0.3 is 0 Å². The molecule has 146 valence electrons. The molecular weight excluding hydrogens is 356 g/mol. The molecule has 1 atom stereocenters. The number of hydrogen-bond acceptors (Lipinski definition) is 5. The molecular formula is C21H24N4O3. The van der Waals surface area contributed by atoms with E-state index in [0.29, 0.717) is 31.2 Å². The van der Waals surface area contributed by atoms with E-state index in [1.54, 1.807) is 11.8 Å². The molecule has 2 aromatic rings. The summed E-state index contributed by atoms with van der Waals surface area (Å²) in [6.45, 7) is 3.53. The van der Waals surface area contributed by atoms with Crippen LogP contribution in [0.2, 0.25) is 0 Å². The van der Waals surface area contributed by atoms with E-state index in [9.17, 15) is 9.59 Å². The van der Waals surface area contributed by atoms with Crippen LogP contribution in [-0.4, -0.2) is 51.3 Å². The number of aromatic nitrogens is 2. The second-order valence-electron chi connectivity index (χ2n) is 7.24. The molecule has 0 unspecified atom stereocenters. The minimum absolute atomic E-state index is 0.0129. The van der Waals surface area contributed by atoms with E-state index in [2.05, 4.69) is 4.98 Å². The topological polar surface area (TPSA) is 75.6 Å². The third-order valence-corrected chi connectivity index (χ3v) is 5.37. The average Bonchev–Trinajstić information content (AvgIpc) is 3.22. The van der Waals surface area contributed by atoms with Crippen LogP contribution in [0.5, 0.6) is 5.75 Å². The van der Waals surface area contributed by atoms with E-state index in [1.807, 2.05) is 41.4 Å². The van der Waals surface area contributed by atoms with Crippen molar-refractivity contribution in [1.29, 1.82) is 0 Å². The molecule has 2 amide bonds. The average molecular weight is 380 g/mol. The number of amides is 2. The van der Waals surface area contributed by atoms with Gasteiger partial charge in [0.1, 0.15) is 5.75 Å². The van der Waals surface area contributed by atoms with Gasteiger partial charge in [-0.05, 0) is 25.0 Å². The maximum atomic E-state index is 12.7. The molecule has 2 aliphatic rings. The van der Waals surface area contributed by atoms with Crippen LogP contribution in [-0.2, 0) is 22.6 Å². The molecule has 28 heavy (non-hydrogen) atoms. The zero-order valence-electron chi connectivity index (χ0n) is 16.0. The highest BCUT2D eigenvalue weighted by molar-refractivity contribution is 5.78. The summed E-state index contributed by atoms with van der Waals surface area (Å²) in [5.74, 6) is 1.41. The van der Waals surface area contributed by atoms with Crippen LogP contribution >= 0.6 is 0 Å². The second kappa shape index (κ2) is 7.96. The lowest BCUT2D eigenvalue weighted by Crippen LogP contribution is -2.37. The van der Waals surface area contributed by atoms with Gasteiger partial charge in [-0.2, -0.15) is 0 Å². The van der Waals surface area contributed by atoms with Crippen molar-refractivity contribution in [3.63, 3.8) is 0 Å². The number of para-hydroxylation sites is 1. The highest BCUT2D eigenvalue weighted by Crippen LogP contribution is 2.31. The predicted molar refractivity (Wildman–Crippen MR) is 102 cm³/mol. The fraction of sp³-hybridized carbons (Fsp3) is 0.429. The fourth-order valence-electron chi connectivity index (χ4n) is 3.84. The zero-order chi connectivity index (χ0) is 19.5. The van der Waals surface area contributed by atoms with Gasteiger partial charge < -0.3 is 14.5 Å². The Morgan fingerprint density at radius 3 is 2.82 bits per heavy atom. The van der Waals surface area contributed by atoms with E-state index < -0.39 is 0 Å².